The normalized spacial score (nSPS) is 14.2. The third-order valence-electron chi connectivity index (χ3n) is 5.83. The fraction of sp³-hybridized carbons (Fsp3) is 0.417. The van der Waals surface area contributed by atoms with E-state index < -0.39 is 0 Å². The smallest absolute Gasteiger partial charge is 0.321 e. The standard InChI is InChI=1S/C24H33N5O/c1-28(22-10-6-3-7-11-22)24(30)27-16-19-12-14-21(15-13-19)18-29(23(25)26)17-20-8-4-2-5-9-20/h3,6-7,10-15,20H,2,4-5,8-9,16-18H2,1H3,(H3,25,26)(H,27,30). The second kappa shape index (κ2) is 10.7. The van der Waals surface area contributed by atoms with Crippen molar-refractivity contribution in [2.45, 2.75) is 45.2 Å². The number of hydrogen-bond donors (Lipinski definition) is 3. The summed E-state index contributed by atoms with van der Waals surface area (Å²) in [5.41, 5.74) is 8.86. The molecule has 3 rings (SSSR count). The summed E-state index contributed by atoms with van der Waals surface area (Å²) in [5.74, 6) is 0.777. The van der Waals surface area contributed by atoms with Crippen molar-refractivity contribution >= 4 is 17.7 Å². The number of amides is 2. The molecule has 0 unspecified atom stereocenters. The van der Waals surface area contributed by atoms with Gasteiger partial charge in [0.2, 0.25) is 0 Å². The van der Waals surface area contributed by atoms with Crippen molar-refractivity contribution in [1.29, 1.82) is 5.41 Å². The quantitative estimate of drug-likeness (QED) is 0.472. The molecule has 2 amide bonds. The molecule has 1 fully saturated rings. The van der Waals surface area contributed by atoms with Crippen LogP contribution in [0.5, 0.6) is 0 Å². The lowest BCUT2D eigenvalue weighted by Gasteiger charge is -2.30. The van der Waals surface area contributed by atoms with E-state index in [1.807, 2.05) is 47.4 Å². The van der Waals surface area contributed by atoms with Gasteiger partial charge in [0, 0.05) is 32.4 Å². The van der Waals surface area contributed by atoms with Crippen LogP contribution in [-0.2, 0) is 13.1 Å². The molecule has 0 saturated heterocycles. The zero-order valence-electron chi connectivity index (χ0n) is 17.8. The van der Waals surface area contributed by atoms with Gasteiger partial charge >= 0.3 is 6.03 Å². The van der Waals surface area contributed by atoms with Gasteiger partial charge in [-0.25, -0.2) is 4.79 Å². The maximum absolute atomic E-state index is 12.4. The fourth-order valence-electron chi connectivity index (χ4n) is 3.98. The highest BCUT2D eigenvalue weighted by molar-refractivity contribution is 5.91. The highest BCUT2D eigenvalue weighted by atomic mass is 16.2. The van der Waals surface area contributed by atoms with Gasteiger partial charge in [-0.05, 0) is 42.0 Å². The number of nitrogens with zero attached hydrogens (tertiary/aromatic N) is 2. The van der Waals surface area contributed by atoms with Crippen molar-refractivity contribution < 1.29 is 4.79 Å². The van der Waals surface area contributed by atoms with E-state index >= 15 is 0 Å². The Morgan fingerprint density at radius 1 is 1.03 bits per heavy atom. The Labute approximate surface area is 179 Å². The Morgan fingerprint density at radius 2 is 1.67 bits per heavy atom. The second-order valence-electron chi connectivity index (χ2n) is 8.14. The number of para-hydroxylation sites is 1. The van der Waals surface area contributed by atoms with Gasteiger partial charge in [-0.15, -0.1) is 0 Å². The number of guanidine groups is 1. The number of nitrogens with two attached hydrogens (primary N) is 1. The van der Waals surface area contributed by atoms with Gasteiger partial charge < -0.3 is 16.0 Å². The molecule has 1 aliphatic rings. The van der Waals surface area contributed by atoms with Crippen molar-refractivity contribution in [1.82, 2.24) is 10.2 Å². The molecule has 2 aromatic carbocycles. The summed E-state index contributed by atoms with van der Waals surface area (Å²) in [6, 6.07) is 17.6. The van der Waals surface area contributed by atoms with Gasteiger partial charge in [-0.2, -0.15) is 0 Å². The van der Waals surface area contributed by atoms with E-state index in [2.05, 4.69) is 17.4 Å². The van der Waals surface area contributed by atoms with Gasteiger partial charge in [-0.1, -0.05) is 61.7 Å². The van der Waals surface area contributed by atoms with Crippen LogP contribution in [0.1, 0.15) is 43.2 Å². The molecule has 160 valence electrons. The summed E-state index contributed by atoms with van der Waals surface area (Å²) in [6.07, 6.45) is 6.38. The van der Waals surface area contributed by atoms with Gasteiger partial charge in [0.1, 0.15) is 0 Å². The van der Waals surface area contributed by atoms with Crippen molar-refractivity contribution in [2.24, 2.45) is 11.7 Å². The van der Waals surface area contributed by atoms with Crippen LogP contribution in [-0.4, -0.2) is 30.5 Å². The van der Waals surface area contributed by atoms with Gasteiger partial charge in [0.15, 0.2) is 5.96 Å². The van der Waals surface area contributed by atoms with Crippen LogP contribution in [0.2, 0.25) is 0 Å². The van der Waals surface area contributed by atoms with Gasteiger partial charge in [0.05, 0.1) is 0 Å². The van der Waals surface area contributed by atoms with Gasteiger partial charge in [-0.3, -0.25) is 10.3 Å². The molecule has 30 heavy (non-hydrogen) atoms. The number of benzene rings is 2. The Kier molecular flexibility index (Phi) is 7.71. The maximum Gasteiger partial charge on any atom is 0.321 e. The molecule has 1 aliphatic carbocycles. The monoisotopic (exact) mass is 407 g/mol. The third-order valence-corrected chi connectivity index (χ3v) is 5.83. The Hall–Kier alpha value is -3.02. The summed E-state index contributed by atoms with van der Waals surface area (Å²) < 4.78 is 0. The minimum absolute atomic E-state index is 0.138. The van der Waals surface area contributed by atoms with E-state index in [0.717, 1.165) is 23.4 Å². The summed E-state index contributed by atoms with van der Waals surface area (Å²) in [4.78, 5) is 15.9. The number of urea groups is 1. The van der Waals surface area contributed by atoms with Crippen LogP contribution in [0.15, 0.2) is 54.6 Å². The molecule has 6 nitrogen and oxygen atoms in total. The minimum atomic E-state index is -0.138. The summed E-state index contributed by atoms with van der Waals surface area (Å²) >= 11 is 0. The van der Waals surface area contributed by atoms with E-state index in [0.29, 0.717) is 19.0 Å². The molecule has 0 radical (unpaired) electrons. The predicted octanol–water partition coefficient (Wildman–Crippen LogP) is 4.31. The Morgan fingerprint density at radius 3 is 2.30 bits per heavy atom. The number of carbonyl (C=O) groups is 1. The zero-order chi connectivity index (χ0) is 21.3. The molecule has 2 aromatic rings. The van der Waals surface area contributed by atoms with E-state index in [4.69, 9.17) is 11.1 Å². The van der Waals surface area contributed by atoms with E-state index in [1.165, 1.54) is 32.1 Å². The van der Waals surface area contributed by atoms with E-state index in [1.54, 1.807) is 11.9 Å². The first-order chi connectivity index (χ1) is 14.5. The first kappa shape index (κ1) is 21.7. The summed E-state index contributed by atoms with van der Waals surface area (Å²) in [7, 11) is 1.76. The molecule has 0 heterocycles. The van der Waals surface area contributed by atoms with E-state index in [-0.39, 0.29) is 12.0 Å². The molecule has 6 heteroatoms. The third kappa shape index (κ3) is 6.24. The predicted molar refractivity (Wildman–Crippen MR) is 122 cm³/mol. The number of nitrogens with one attached hydrogen (secondary N) is 2. The lowest BCUT2D eigenvalue weighted by Crippen LogP contribution is -2.39. The number of anilines is 1. The topological polar surface area (TPSA) is 85.5 Å². The van der Waals surface area contributed by atoms with Crippen LogP contribution in [0.3, 0.4) is 0 Å². The molecular weight excluding hydrogens is 374 g/mol. The van der Waals surface area contributed by atoms with Crippen molar-refractivity contribution in [2.75, 3.05) is 18.5 Å². The average Bonchev–Trinajstić information content (AvgIpc) is 2.78. The molecule has 0 aliphatic heterocycles. The largest absolute Gasteiger partial charge is 0.370 e. The highest BCUT2D eigenvalue weighted by Gasteiger charge is 2.18. The average molecular weight is 408 g/mol. The number of carbonyl (C=O) groups excluding carboxylic acids is 1. The molecule has 1 saturated carbocycles. The zero-order valence-corrected chi connectivity index (χ0v) is 17.8. The lowest BCUT2D eigenvalue weighted by molar-refractivity contribution is 0.247. The second-order valence-corrected chi connectivity index (χ2v) is 8.14. The van der Waals surface area contributed by atoms with Crippen molar-refractivity contribution in [3.8, 4) is 0 Å². The molecule has 0 spiro atoms. The number of hydrogen-bond acceptors (Lipinski definition) is 2. The highest BCUT2D eigenvalue weighted by Crippen LogP contribution is 2.25. The van der Waals surface area contributed by atoms with Crippen LogP contribution in [0.4, 0.5) is 10.5 Å². The minimum Gasteiger partial charge on any atom is -0.370 e. The first-order valence-corrected chi connectivity index (χ1v) is 10.8. The molecular formula is C24H33N5O. The summed E-state index contributed by atoms with van der Waals surface area (Å²) in [6.45, 7) is 1.98. The van der Waals surface area contributed by atoms with Crippen LogP contribution in [0.25, 0.3) is 0 Å². The van der Waals surface area contributed by atoms with E-state index in [9.17, 15) is 4.79 Å². The van der Waals surface area contributed by atoms with Crippen molar-refractivity contribution in [3.63, 3.8) is 0 Å². The maximum atomic E-state index is 12.4. The fourth-order valence-corrected chi connectivity index (χ4v) is 3.98. The Balaban J connectivity index is 1.51. The SMILES string of the molecule is CN(C(=O)NCc1ccc(CN(CC2CCCCC2)C(=N)N)cc1)c1ccccc1. The van der Waals surface area contributed by atoms with Crippen LogP contribution in [0, 0.1) is 11.3 Å². The Bertz CT molecular complexity index is 815. The lowest BCUT2D eigenvalue weighted by atomic mass is 9.89. The molecule has 4 N–H and O–H groups in total. The first-order valence-electron chi connectivity index (χ1n) is 10.8. The van der Waals surface area contributed by atoms with Crippen molar-refractivity contribution in [3.05, 3.63) is 65.7 Å². The number of rotatable bonds is 7. The molecule has 0 bridgehead atoms. The van der Waals surface area contributed by atoms with Crippen LogP contribution >= 0.6 is 0 Å². The van der Waals surface area contributed by atoms with Crippen LogP contribution < -0.4 is 16.0 Å². The van der Waals surface area contributed by atoms with Gasteiger partial charge in [0.25, 0.3) is 0 Å². The molecule has 0 aromatic heterocycles. The summed E-state index contributed by atoms with van der Waals surface area (Å²) in [5, 5.41) is 10.9. The molecule has 0 atom stereocenters.